The van der Waals surface area contributed by atoms with Crippen molar-refractivity contribution in [3.05, 3.63) is 42.0 Å². The molecule has 0 unspecified atom stereocenters. The minimum absolute atomic E-state index is 0.0975. The minimum Gasteiger partial charge on any atom is -0.497 e. The molecule has 1 aromatic rings. The Morgan fingerprint density at radius 1 is 1.41 bits per heavy atom. The summed E-state index contributed by atoms with van der Waals surface area (Å²) in [6.45, 7) is 6.85. The van der Waals surface area contributed by atoms with Crippen molar-refractivity contribution in [2.45, 2.75) is 33.6 Å². The number of fused-ring (bicyclic) bond motifs is 1. The molecule has 1 aliphatic heterocycles. The second-order valence-corrected chi connectivity index (χ2v) is 6.29. The Bertz CT molecular complexity index is 609. The van der Waals surface area contributed by atoms with Gasteiger partial charge in [0.15, 0.2) is 5.78 Å². The van der Waals surface area contributed by atoms with Crippen LogP contribution >= 0.6 is 0 Å². The average Bonchev–Trinajstić information content (AvgIpc) is 2.61. The fourth-order valence-corrected chi connectivity index (χ4v) is 2.44. The third-order valence-corrected chi connectivity index (χ3v) is 3.59. The Labute approximate surface area is 132 Å². The van der Waals surface area contributed by atoms with Crippen LogP contribution in [0.5, 0.6) is 11.5 Å². The smallest absolute Gasteiger partial charge is 0.155 e. The Morgan fingerprint density at radius 3 is 2.86 bits per heavy atom. The van der Waals surface area contributed by atoms with Gasteiger partial charge in [0.25, 0.3) is 0 Å². The fraction of sp³-hybridized carbons (Fsp3) is 0.421. The summed E-state index contributed by atoms with van der Waals surface area (Å²) < 4.78 is 11.2. The van der Waals surface area contributed by atoms with Gasteiger partial charge in [-0.2, -0.15) is 0 Å². The van der Waals surface area contributed by atoms with Crippen molar-refractivity contribution in [2.24, 2.45) is 5.41 Å². The Morgan fingerprint density at radius 2 is 2.18 bits per heavy atom. The van der Waals surface area contributed by atoms with Crippen molar-refractivity contribution < 1.29 is 14.3 Å². The van der Waals surface area contributed by atoms with E-state index < -0.39 is 0 Å². The van der Waals surface area contributed by atoms with Crippen LogP contribution in [-0.2, 0) is 4.79 Å². The zero-order valence-electron chi connectivity index (χ0n) is 13.8. The zero-order valence-corrected chi connectivity index (χ0v) is 13.8. The summed E-state index contributed by atoms with van der Waals surface area (Å²) in [5.74, 6) is 1.72. The largest absolute Gasteiger partial charge is 0.497 e. The van der Waals surface area contributed by atoms with Crippen molar-refractivity contribution in [1.82, 2.24) is 0 Å². The monoisotopic (exact) mass is 300 g/mol. The van der Waals surface area contributed by atoms with Crippen LogP contribution in [0.2, 0.25) is 0 Å². The van der Waals surface area contributed by atoms with Crippen molar-refractivity contribution in [3.8, 4) is 11.5 Å². The van der Waals surface area contributed by atoms with Gasteiger partial charge in [0.2, 0.25) is 0 Å². The number of carbonyl (C=O) groups is 1. The summed E-state index contributed by atoms with van der Waals surface area (Å²) in [4.78, 5) is 11.8. The van der Waals surface area contributed by atoms with Gasteiger partial charge < -0.3 is 9.47 Å². The highest BCUT2D eigenvalue weighted by Gasteiger charge is 2.23. The van der Waals surface area contributed by atoms with E-state index in [9.17, 15) is 4.79 Å². The molecule has 0 fully saturated rings. The molecule has 1 aromatic carbocycles. The molecule has 3 nitrogen and oxygen atoms in total. The third kappa shape index (κ3) is 4.00. The van der Waals surface area contributed by atoms with E-state index in [0.717, 1.165) is 29.1 Å². The summed E-state index contributed by atoms with van der Waals surface area (Å²) in [5.41, 5.74) is 1.91. The van der Waals surface area contributed by atoms with E-state index in [1.54, 1.807) is 13.2 Å². The molecule has 118 valence electrons. The third-order valence-electron chi connectivity index (χ3n) is 3.59. The first-order valence-corrected chi connectivity index (χ1v) is 7.70. The molecule has 0 amide bonds. The SMILES string of the molecule is CCCC(=O)C=CC1=CC(C)(C)COc2cc(OC)ccc21. The molecule has 0 radical (unpaired) electrons. The van der Waals surface area contributed by atoms with E-state index in [0.29, 0.717) is 13.0 Å². The Balaban J connectivity index is 2.40. The Hall–Kier alpha value is -2.03. The first-order chi connectivity index (χ1) is 10.4. The van der Waals surface area contributed by atoms with E-state index in [2.05, 4.69) is 19.9 Å². The first-order valence-electron chi connectivity index (χ1n) is 7.70. The lowest BCUT2D eigenvalue weighted by molar-refractivity contribution is -0.114. The molecule has 22 heavy (non-hydrogen) atoms. The summed E-state index contributed by atoms with van der Waals surface area (Å²) in [7, 11) is 1.64. The van der Waals surface area contributed by atoms with E-state index in [4.69, 9.17) is 9.47 Å². The molecule has 0 saturated heterocycles. The topological polar surface area (TPSA) is 35.5 Å². The van der Waals surface area contributed by atoms with Crippen LogP contribution in [0.15, 0.2) is 36.4 Å². The van der Waals surface area contributed by atoms with Gasteiger partial charge in [-0.15, -0.1) is 0 Å². The standard InChI is InChI=1S/C19H24O3/c1-5-6-15(20)8-7-14-12-19(2,3)13-22-18-11-16(21-4)9-10-17(14)18/h7-12H,5-6,13H2,1-4H3. The van der Waals surface area contributed by atoms with Gasteiger partial charge in [-0.3, -0.25) is 4.79 Å². The number of rotatable bonds is 5. The summed E-state index contributed by atoms with van der Waals surface area (Å²) >= 11 is 0. The van der Waals surface area contributed by atoms with Crippen molar-refractivity contribution in [3.63, 3.8) is 0 Å². The van der Waals surface area contributed by atoms with E-state index in [1.165, 1.54) is 0 Å². The van der Waals surface area contributed by atoms with Crippen molar-refractivity contribution in [1.29, 1.82) is 0 Å². The molecule has 0 saturated carbocycles. The number of hydrogen-bond acceptors (Lipinski definition) is 3. The van der Waals surface area contributed by atoms with Crippen LogP contribution in [-0.4, -0.2) is 19.5 Å². The molecular formula is C19H24O3. The van der Waals surface area contributed by atoms with Gasteiger partial charge in [0.05, 0.1) is 13.7 Å². The van der Waals surface area contributed by atoms with Crippen LogP contribution in [0.25, 0.3) is 5.57 Å². The molecule has 0 bridgehead atoms. The number of benzene rings is 1. The Kier molecular flexibility index (Phi) is 5.07. The van der Waals surface area contributed by atoms with Gasteiger partial charge in [-0.25, -0.2) is 0 Å². The molecule has 0 N–H and O–H groups in total. The molecule has 0 atom stereocenters. The minimum atomic E-state index is -0.0975. The predicted octanol–water partition coefficient (Wildman–Crippen LogP) is 4.42. The number of ether oxygens (including phenoxy) is 2. The van der Waals surface area contributed by atoms with Crippen LogP contribution in [0.4, 0.5) is 0 Å². The number of ketones is 1. The average molecular weight is 300 g/mol. The second kappa shape index (κ2) is 6.82. The molecule has 1 aliphatic rings. The number of hydrogen-bond donors (Lipinski definition) is 0. The maximum absolute atomic E-state index is 11.8. The lowest BCUT2D eigenvalue weighted by Gasteiger charge is -2.18. The van der Waals surface area contributed by atoms with Crippen LogP contribution < -0.4 is 9.47 Å². The van der Waals surface area contributed by atoms with Gasteiger partial charge in [0, 0.05) is 23.5 Å². The quantitative estimate of drug-likeness (QED) is 0.755. The first kappa shape index (κ1) is 16.3. The summed E-state index contributed by atoms with van der Waals surface area (Å²) in [6, 6.07) is 5.79. The predicted molar refractivity (Wildman–Crippen MR) is 89.3 cm³/mol. The maximum Gasteiger partial charge on any atom is 0.155 e. The molecular weight excluding hydrogens is 276 g/mol. The highest BCUT2D eigenvalue weighted by atomic mass is 16.5. The number of methoxy groups -OCH3 is 1. The number of carbonyl (C=O) groups excluding carboxylic acids is 1. The molecule has 0 spiro atoms. The van der Waals surface area contributed by atoms with Crippen molar-refractivity contribution >= 4 is 11.4 Å². The van der Waals surface area contributed by atoms with Crippen LogP contribution in [0, 0.1) is 5.41 Å². The van der Waals surface area contributed by atoms with Gasteiger partial charge in [0.1, 0.15) is 11.5 Å². The van der Waals surface area contributed by atoms with Crippen LogP contribution in [0.1, 0.15) is 39.2 Å². The highest BCUT2D eigenvalue weighted by Crippen LogP contribution is 2.37. The zero-order chi connectivity index (χ0) is 16.2. The summed E-state index contributed by atoms with van der Waals surface area (Å²) in [5, 5.41) is 0. The van der Waals surface area contributed by atoms with E-state index in [-0.39, 0.29) is 11.2 Å². The van der Waals surface area contributed by atoms with Gasteiger partial charge in [-0.05, 0) is 30.2 Å². The lowest BCUT2D eigenvalue weighted by atomic mass is 9.90. The van der Waals surface area contributed by atoms with Gasteiger partial charge >= 0.3 is 0 Å². The van der Waals surface area contributed by atoms with Crippen molar-refractivity contribution in [2.75, 3.05) is 13.7 Å². The molecule has 1 heterocycles. The summed E-state index contributed by atoms with van der Waals surface area (Å²) in [6.07, 6.45) is 7.19. The maximum atomic E-state index is 11.8. The normalized spacial score (nSPS) is 16.5. The molecule has 3 heteroatoms. The fourth-order valence-electron chi connectivity index (χ4n) is 2.44. The molecule has 0 aliphatic carbocycles. The molecule has 0 aromatic heterocycles. The highest BCUT2D eigenvalue weighted by molar-refractivity contribution is 5.93. The van der Waals surface area contributed by atoms with Gasteiger partial charge in [-0.1, -0.05) is 32.9 Å². The second-order valence-electron chi connectivity index (χ2n) is 6.29. The van der Waals surface area contributed by atoms with E-state index in [1.807, 2.05) is 31.2 Å². The molecule has 2 rings (SSSR count). The van der Waals surface area contributed by atoms with Crippen LogP contribution in [0.3, 0.4) is 0 Å². The van der Waals surface area contributed by atoms with E-state index >= 15 is 0 Å². The number of allylic oxidation sites excluding steroid dienone is 3. The lowest BCUT2D eigenvalue weighted by Crippen LogP contribution is -2.17.